The SMILES string of the molecule is COc1cc(N2CCCCC2)ccc1C=Nc1ccc(C(C)C)cc1. The molecule has 3 nitrogen and oxygen atoms in total. The van der Waals surface area contributed by atoms with Gasteiger partial charge < -0.3 is 9.64 Å². The van der Waals surface area contributed by atoms with Crippen LogP contribution in [0.4, 0.5) is 11.4 Å². The van der Waals surface area contributed by atoms with Crippen LogP contribution in [0.15, 0.2) is 47.5 Å². The van der Waals surface area contributed by atoms with Crippen molar-refractivity contribution in [1.82, 2.24) is 0 Å². The highest BCUT2D eigenvalue weighted by molar-refractivity contribution is 5.86. The van der Waals surface area contributed by atoms with Crippen LogP contribution in [0.25, 0.3) is 0 Å². The molecule has 0 aromatic heterocycles. The Balaban J connectivity index is 1.77. The molecule has 0 spiro atoms. The number of anilines is 1. The lowest BCUT2D eigenvalue weighted by molar-refractivity contribution is 0.414. The molecule has 0 unspecified atom stereocenters. The highest BCUT2D eigenvalue weighted by Crippen LogP contribution is 2.27. The Morgan fingerprint density at radius 2 is 1.72 bits per heavy atom. The van der Waals surface area contributed by atoms with Gasteiger partial charge in [-0.1, -0.05) is 26.0 Å². The second-order valence-corrected chi connectivity index (χ2v) is 6.98. The van der Waals surface area contributed by atoms with Gasteiger partial charge in [-0.3, -0.25) is 4.99 Å². The monoisotopic (exact) mass is 336 g/mol. The molecule has 132 valence electrons. The van der Waals surface area contributed by atoms with Gasteiger partial charge >= 0.3 is 0 Å². The van der Waals surface area contributed by atoms with Gasteiger partial charge in [-0.2, -0.15) is 0 Å². The van der Waals surface area contributed by atoms with Crippen LogP contribution in [0, 0.1) is 0 Å². The first kappa shape index (κ1) is 17.5. The average Bonchev–Trinajstić information content (AvgIpc) is 2.67. The Hall–Kier alpha value is -2.29. The standard InChI is InChI=1S/C22H28N2O/c1-17(2)18-7-10-20(11-8-18)23-16-19-9-12-21(15-22(19)25-3)24-13-5-4-6-14-24/h7-12,15-17H,4-6,13-14H2,1-3H3. The van der Waals surface area contributed by atoms with Gasteiger partial charge in [0.2, 0.25) is 0 Å². The van der Waals surface area contributed by atoms with E-state index in [1.807, 2.05) is 6.21 Å². The molecule has 0 bridgehead atoms. The van der Waals surface area contributed by atoms with Crippen LogP contribution in [0.1, 0.15) is 50.2 Å². The quantitative estimate of drug-likeness (QED) is 0.668. The molecule has 1 aliphatic rings. The molecule has 25 heavy (non-hydrogen) atoms. The van der Waals surface area contributed by atoms with Crippen molar-refractivity contribution in [2.45, 2.75) is 39.0 Å². The van der Waals surface area contributed by atoms with Crippen LogP contribution in [-0.4, -0.2) is 26.4 Å². The van der Waals surface area contributed by atoms with Crippen molar-refractivity contribution in [1.29, 1.82) is 0 Å². The zero-order chi connectivity index (χ0) is 17.6. The first-order valence-electron chi connectivity index (χ1n) is 9.24. The fraction of sp³-hybridized carbons (Fsp3) is 0.409. The maximum atomic E-state index is 5.60. The van der Waals surface area contributed by atoms with Crippen LogP contribution in [0.3, 0.4) is 0 Å². The molecule has 0 atom stereocenters. The topological polar surface area (TPSA) is 24.8 Å². The predicted molar refractivity (Wildman–Crippen MR) is 107 cm³/mol. The second-order valence-electron chi connectivity index (χ2n) is 6.98. The number of hydrogen-bond donors (Lipinski definition) is 0. The van der Waals surface area contributed by atoms with Crippen molar-refractivity contribution in [2.75, 3.05) is 25.1 Å². The van der Waals surface area contributed by atoms with Gasteiger partial charge in [0.1, 0.15) is 5.75 Å². The Morgan fingerprint density at radius 1 is 1.00 bits per heavy atom. The normalized spacial score (nSPS) is 15.1. The number of rotatable bonds is 5. The number of piperidine rings is 1. The van der Waals surface area contributed by atoms with E-state index in [2.05, 4.69) is 66.2 Å². The van der Waals surface area contributed by atoms with Gasteiger partial charge in [0, 0.05) is 36.6 Å². The summed E-state index contributed by atoms with van der Waals surface area (Å²) in [6.07, 6.45) is 5.78. The smallest absolute Gasteiger partial charge is 0.129 e. The average molecular weight is 336 g/mol. The summed E-state index contributed by atoms with van der Waals surface area (Å²) in [4.78, 5) is 7.05. The molecule has 0 amide bonds. The molecule has 3 heteroatoms. The maximum Gasteiger partial charge on any atom is 0.129 e. The van der Waals surface area contributed by atoms with E-state index in [0.29, 0.717) is 5.92 Å². The first-order valence-corrected chi connectivity index (χ1v) is 9.24. The highest BCUT2D eigenvalue weighted by Gasteiger charge is 2.12. The number of ether oxygens (including phenoxy) is 1. The zero-order valence-corrected chi connectivity index (χ0v) is 15.5. The molecule has 0 saturated carbocycles. The molecule has 1 heterocycles. The van der Waals surface area contributed by atoms with E-state index in [9.17, 15) is 0 Å². The van der Waals surface area contributed by atoms with Gasteiger partial charge in [0.15, 0.2) is 0 Å². The van der Waals surface area contributed by atoms with E-state index < -0.39 is 0 Å². The van der Waals surface area contributed by atoms with Crippen molar-refractivity contribution in [2.24, 2.45) is 4.99 Å². The molecule has 0 aliphatic carbocycles. The Kier molecular flexibility index (Phi) is 5.75. The number of hydrogen-bond acceptors (Lipinski definition) is 3. The van der Waals surface area contributed by atoms with Gasteiger partial charge in [0.25, 0.3) is 0 Å². The Bertz CT molecular complexity index is 713. The van der Waals surface area contributed by atoms with Gasteiger partial charge in [-0.15, -0.1) is 0 Å². The number of benzene rings is 2. The van der Waals surface area contributed by atoms with E-state index in [1.165, 1.54) is 30.5 Å². The van der Waals surface area contributed by atoms with E-state index in [-0.39, 0.29) is 0 Å². The Morgan fingerprint density at radius 3 is 2.36 bits per heavy atom. The number of nitrogens with zero attached hydrogens (tertiary/aromatic N) is 2. The zero-order valence-electron chi connectivity index (χ0n) is 15.5. The minimum Gasteiger partial charge on any atom is -0.496 e. The predicted octanol–water partition coefficient (Wildman–Crippen LogP) is 5.56. The summed E-state index contributed by atoms with van der Waals surface area (Å²) < 4.78 is 5.60. The molecule has 2 aromatic carbocycles. The summed E-state index contributed by atoms with van der Waals surface area (Å²) in [6.45, 7) is 6.68. The molecule has 1 saturated heterocycles. The van der Waals surface area contributed by atoms with Crippen molar-refractivity contribution < 1.29 is 4.74 Å². The Labute approximate surface area is 151 Å². The summed E-state index contributed by atoms with van der Waals surface area (Å²) in [5, 5.41) is 0. The van der Waals surface area contributed by atoms with Gasteiger partial charge in [-0.25, -0.2) is 0 Å². The summed E-state index contributed by atoms with van der Waals surface area (Å²) in [5.41, 5.74) is 4.56. The number of methoxy groups -OCH3 is 1. The fourth-order valence-corrected chi connectivity index (χ4v) is 3.24. The molecular formula is C22H28N2O. The van der Waals surface area contributed by atoms with Crippen molar-refractivity contribution >= 4 is 17.6 Å². The molecule has 2 aromatic rings. The molecule has 1 fully saturated rings. The third kappa shape index (κ3) is 4.41. The van der Waals surface area contributed by atoms with Crippen molar-refractivity contribution in [3.63, 3.8) is 0 Å². The van der Waals surface area contributed by atoms with Crippen LogP contribution in [0.5, 0.6) is 5.75 Å². The molecule has 3 rings (SSSR count). The third-order valence-electron chi connectivity index (χ3n) is 4.85. The molecular weight excluding hydrogens is 308 g/mol. The minimum absolute atomic E-state index is 0.542. The molecule has 0 radical (unpaired) electrons. The van der Waals surface area contributed by atoms with Gasteiger partial charge in [0.05, 0.1) is 12.8 Å². The maximum absolute atomic E-state index is 5.60. The van der Waals surface area contributed by atoms with Crippen LogP contribution in [0.2, 0.25) is 0 Å². The van der Waals surface area contributed by atoms with E-state index in [0.717, 1.165) is 30.1 Å². The molecule has 1 aliphatic heterocycles. The fourth-order valence-electron chi connectivity index (χ4n) is 3.24. The van der Waals surface area contributed by atoms with Gasteiger partial charge in [-0.05, 0) is 55.0 Å². The van der Waals surface area contributed by atoms with E-state index in [4.69, 9.17) is 4.74 Å². The van der Waals surface area contributed by atoms with E-state index in [1.54, 1.807) is 7.11 Å². The third-order valence-corrected chi connectivity index (χ3v) is 4.85. The van der Waals surface area contributed by atoms with E-state index >= 15 is 0 Å². The summed E-state index contributed by atoms with van der Waals surface area (Å²) in [5.74, 6) is 1.42. The minimum atomic E-state index is 0.542. The van der Waals surface area contributed by atoms with Crippen molar-refractivity contribution in [3.05, 3.63) is 53.6 Å². The van der Waals surface area contributed by atoms with Crippen molar-refractivity contribution in [3.8, 4) is 5.75 Å². The van der Waals surface area contributed by atoms with Crippen LogP contribution >= 0.6 is 0 Å². The lowest BCUT2D eigenvalue weighted by atomic mass is 10.0. The summed E-state index contributed by atoms with van der Waals surface area (Å²) >= 11 is 0. The van der Waals surface area contributed by atoms with Crippen LogP contribution < -0.4 is 9.64 Å². The lowest BCUT2D eigenvalue weighted by Crippen LogP contribution is -2.29. The molecule has 0 N–H and O–H groups in total. The van der Waals surface area contributed by atoms with Crippen LogP contribution in [-0.2, 0) is 0 Å². The second kappa shape index (κ2) is 8.19. The summed E-state index contributed by atoms with van der Waals surface area (Å²) in [7, 11) is 1.73. The summed E-state index contributed by atoms with van der Waals surface area (Å²) in [6, 6.07) is 14.9. The number of aliphatic imine (C=N–C) groups is 1. The lowest BCUT2D eigenvalue weighted by Gasteiger charge is -2.29. The first-order chi connectivity index (χ1) is 12.2. The largest absolute Gasteiger partial charge is 0.496 e. The highest BCUT2D eigenvalue weighted by atomic mass is 16.5.